The number of rotatable bonds is 6. The lowest BCUT2D eigenvalue weighted by Gasteiger charge is -2.33. The summed E-state index contributed by atoms with van der Waals surface area (Å²) in [6.45, 7) is 6.65. The second kappa shape index (κ2) is 13.6. The fourth-order valence-corrected chi connectivity index (χ4v) is 8.66. The molecule has 3 heteroatoms. The Morgan fingerprint density at radius 3 is 2.07 bits per heavy atom. The van der Waals surface area contributed by atoms with Crippen molar-refractivity contribution in [2.75, 3.05) is 0 Å². The monoisotopic (exact) mass is 705 g/mol. The van der Waals surface area contributed by atoms with E-state index >= 15 is 0 Å². The molecule has 7 aromatic rings. The fraction of sp³-hybridized carbons (Fsp3) is 0.0962. The van der Waals surface area contributed by atoms with Gasteiger partial charge in [-0.15, -0.1) is 0 Å². The van der Waals surface area contributed by atoms with Gasteiger partial charge in [-0.3, -0.25) is 9.98 Å². The number of benzene rings is 6. The van der Waals surface area contributed by atoms with Crippen molar-refractivity contribution in [3.63, 3.8) is 0 Å². The highest BCUT2D eigenvalue weighted by molar-refractivity contribution is 6.18. The number of pyridine rings is 1. The number of hydrogen-bond donors (Lipinski definition) is 0. The van der Waals surface area contributed by atoms with Gasteiger partial charge in [0.1, 0.15) is 0 Å². The first-order chi connectivity index (χ1) is 27.1. The third-order valence-electron chi connectivity index (χ3n) is 11.5. The topological polar surface area (TPSA) is 37.6 Å². The molecule has 0 spiro atoms. The van der Waals surface area contributed by atoms with Crippen LogP contribution in [0.5, 0.6) is 0 Å². The largest absolute Gasteiger partial charge is 0.251 e. The molecule has 1 aliphatic heterocycles. The third kappa shape index (κ3) is 5.71. The second-order valence-corrected chi connectivity index (χ2v) is 14.6. The Labute approximate surface area is 322 Å². The summed E-state index contributed by atoms with van der Waals surface area (Å²) in [5, 5.41) is 5.03. The summed E-state index contributed by atoms with van der Waals surface area (Å²) < 4.78 is 0. The maximum absolute atomic E-state index is 5.55. The van der Waals surface area contributed by atoms with Crippen molar-refractivity contribution in [3.05, 3.63) is 204 Å². The number of allylic oxidation sites excluding steroid dienone is 5. The van der Waals surface area contributed by atoms with Crippen molar-refractivity contribution in [3.8, 4) is 22.4 Å². The maximum Gasteiger partial charge on any atom is 0.0930 e. The van der Waals surface area contributed by atoms with Gasteiger partial charge in [-0.25, -0.2) is 4.98 Å². The molecule has 0 fully saturated rings. The summed E-state index contributed by atoms with van der Waals surface area (Å²) in [5.74, 6) is 0.522. The minimum atomic E-state index is 0.145. The van der Waals surface area contributed by atoms with Gasteiger partial charge in [-0.05, 0) is 62.5 Å². The van der Waals surface area contributed by atoms with E-state index in [1.165, 1.54) is 27.1 Å². The molecule has 0 radical (unpaired) electrons. The molecule has 2 aliphatic carbocycles. The lowest BCUT2D eigenvalue weighted by molar-refractivity contribution is 0.730. The van der Waals surface area contributed by atoms with Gasteiger partial charge in [0.15, 0.2) is 0 Å². The van der Waals surface area contributed by atoms with E-state index in [-0.39, 0.29) is 17.8 Å². The molecule has 3 unspecified atom stereocenters. The highest BCUT2D eigenvalue weighted by Gasteiger charge is 2.34. The van der Waals surface area contributed by atoms with Crippen LogP contribution in [0.25, 0.3) is 55.7 Å². The zero-order valence-electron chi connectivity index (χ0n) is 30.7. The molecule has 0 bridgehead atoms. The Kier molecular flexibility index (Phi) is 8.14. The normalized spacial score (nSPS) is 18.9. The standard InChI is InChI=1S/C52H39N3/c1-3-34-24-29-38-30-31-47(37-14-5-4-6-15-37)54-51(38)50(34)53-33(2)35-25-27-36(28-26-35)39-16-13-17-40(32-39)49-46-23-12-10-21-44(46)48-43-20-9-7-18-41(43)42-19-8-11-22-45(42)52(48)55-49/h4-32,34,44,46H,2-3H2,1H3/b53-50+. The summed E-state index contributed by atoms with van der Waals surface area (Å²) >= 11 is 0. The van der Waals surface area contributed by atoms with Crippen molar-refractivity contribution >= 4 is 50.4 Å². The Morgan fingerprint density at radius 1 is 0.618 bits per heavy atom. The van der Waals surface area contributed by atoms with Crippen LogP contribution in [0.2, 0.25) is 0 Å². The highest BCUT2D eigenvalue weighted by Crippen LogP contribution is 2.50. The summed E-state index contributed by atoms with van der Waals surface area (Å²) in [5.41, 5.74) is 13.7. The van der Waals surface area contributed by atoms with Crippen LogP contribution in [0, 0.1) is 11.8 Å². The molecule has 2 heterocycles. The molecule has 0 amide bonds. The maximum atomic E-state index is 5.55. The zero-order valence-corrected chi connectivity index (χ0v) is 30.7. The van der Waals surface area contributed by atoms with E-state index in [2.05, 4.69) is 183 Å². The van der Waals surface area contributed by atoms with Crippen LogP contribution in [0.1, 0.15) is 47.2 Å². The summed E-state index contributed by atoms with van der Waals surface area (Å²) in [6.07, 6.45) is 14.4. The van der Waals surface area contributed by atoms with Crippen LogP contribution in [0.15, 0.2) is 186 Å². The molecule has 3 nitrogen and oxygen atoms in total. The summed E-state index contributed by atoms with van der Waals surface area (Å²) in [4.78, 5) is 15.9. The minimum Gasteiger partial charge on any atom is -0.251 e. The van der Waals surface area contributed by atoms with Crippen LogP contribution < -0.4 is 0 Å². The highest BCUT2D eigenvalue weighted by atomic mass is 14.8. The number of hydrogen-bond acceptors (Lipinski definition) is 3. The first-order valence-corrected chi connectivity index (χ1v) is 19.3. The number of fused-ring (bicyclic) bond motifs is 9. The van der Waals surface area contributed by atoms with Crippen LogP contribution in [-0.2, 0) is 0 Å². The molecule has 10 rings (SSSR count). The van der Waals surface area contributed by atoms with Crippen molar-refractivity contribution in [1.82, 2.24) is 4.98 Å². The predicted octanol–water partition coefficient (Wildman–Crippen LogP) is 13.2. The lowest BCUT2D eigenvalue weighted by Crippen LogP contribution is -2.25. The van der Waals surface area contributed by atoms with Crippen molar-refractivity contribution < 1.29 is 0 Å². The van der Waals surface area contributed by atoms with E-state index in [9.17, 15) is 0 Å². The van der Waals surface area contributed by atoms with Crippen LogP contribution >= 0.6 is 0 Å². The molecule has 6 aromatic carbocycles. The van der Waals surface area contributed by atoms with E-state index in [0.717, 1.165) is 74.0 Å². The minimum absolute atomic E-state index is 0.145. The molecule has 1 aromatic heterocycles. The zero-order chi connectivity index (χ0) is 36.9. The van der Waals surface area contributed by atoms with Crippen LogP contribution in [0.4, 0.5) is 5.69 Å². The van der Waals surface area contributed by atoms with Crippen molar-refractivity contribution in [2.45, 2.75) is 19.3 Å². The van der Waals surface area contributed by atoms with Gasteiger partial charge >= 0.3 is 0 Å². The van der Waals surface area contributed by atoms with Crippen LogP contribution in [-0.4, -0.2) is 16.4 Å². The van der Waals surface area contributed by atoms with Crippen molar-refractivity contribution in [1.29, 1.82) is 0 Å². The number of nitrogens with zero attached hydrogens (tertiary/aromatic N) is 3. The second-order valence-electron chi connectivity index (χ2n) is 14.6. The van der Waals surface area contributed by atoms with E-state index in [4.69, 9.17) is 15.0 Å². The van der Waals surface area contributed by atoms with Gasteiger partial charge in [0.25, 0.3) is 0 Å². The van der Waals surface area contributed by atoms with Gasteiger partial charge in [0.05, 0.1) is 34.2 Å². The molecule has 0 N–H and O–H groups in total. The fourth-order valence-electron chi connectivity index (χ4n) is 8.66. The predicted molar refractivity (Wildman–Crippen MR) is 232 cm³/mol. The molecular formula is C52H39N3. The van der Waals surface area contributed by atoms with E-state index in [1.807, 2.05) is 6.07 Å². The molecule has 3 atom stereocenters. The molecule has 55 heavy (non-hydrogen) atoms. The van der Waals surface area contributed by atoms with E-state index < -0.39 is 0 Å². The molecule has 0 saturated carbocycles. The quantitative estimate of drug-likeness (QED) is 0.159. The Hall–Kier alpha value is -6.71. The lowest BCUT2D eigenvalue weighted by atomic mass is 9.73. The first-order valence-electron chi connectivity index (χ1n) is 19.3. The average molecular weight is 706 g/mol. The van der Waals surface area contributed by atoms with E-state index in [1.54, 1.807) is 0 Å². The van der Waals surface area contributed by atoms with Gasteiger partial charge in [-0.2, -0.15) is 0 Å². The number of aliphatic imine (C=N–C) groups is 2. The Morgan fingerprint density at radius 2 is 1.29 bits per heavy atom. The Bertz CT molecular complexity index is 2820. The van der Waals surface area contributed by atoms with Crippen molar-refractivity contribution in [2.24, 2.45) is 21.8 Å². The smallest absolute Gasteiger partial charge is 0.0930 e. The van der Waals surface area contributed by atoms with Gasteiger partial charge in [0, 0.05) is 34.3 Å². The van der Waals surface area contributed by atoms with Crippen LogP contribution in [0.3, 0.4) is 0 Å². The molecule has 0 saturated heterocycles. The third-order valence-corrected chi connectivity index (χ3v) is 11.5. The van der Waals surface area contributed by atoms with Gasteiger partial charge in [-0.1, -0.05) is 177 Å². The SMILES string of the molecule is C=C(/N=C1/c2nc(-c3ccccc3)ccc2C=CC1CC)c1ccc(-c2cccc(C3=Nc4c(c5ccccc5c5ccccc45)C4C=CC=CC34)c2)cc1. The summed E-state index contributed by atoms with van der Waals surface area (Å²) in [6, 6.07) is 49.6. The molecular weight excluding hydrogens is 667 g/mol. The van der Waals surface area contributed by atoms with Gasteiger partial charge in [0.2, 0.25) is 0 Å². The molecule has 262 valence electrons. The first kappa shape index (κ1) is 32.9. The average Bonchev–Trinajstić information content (AvgIpc) is 3.26. The summed E-state index contributed by atoms with van der Waals surface area (Å²) in [7, 11) is 0. The molecule has 3 aliphatic rings. The van der Waals surface area contributed by atoms with Gasteiger partial charge < -0.3 is 0 Å². The number of aromatic nitrogens is 1. The van der Waals surface area contributed by atoms with E-state index in [0.29, 0.717) is 0 Å². The Balaban J connectivity index is 0.995.